The van der Waals surface area contributed by atoms with Crippen LogP contribution >= 0.6 is 0 Å². The molecule has 4 rings (SSSR count). The van der Waals surface area contributed by atoms with E-state index in [4.69, 9.17) is 11.5 Å². The number of anilines is 1. The summed E-state index contributed by atoms with van der Waals surface area (Å²) in [6.45, 7) is 2.61. The van der Waals surface area contributed by atoms with Gasteiger partial charge in [-0.3, -0.25) is 4.98 Å². The van der Waals surface area contributed by atoms with E-state index in [0.29, 0.717) is 12.5 Å². The number of allylic oxidation sites excluding steroid dienone is 1. The Morgan fingerprint density at radius 2 is 1.85 bits per heavy atom. The lowest BCUT2D eigenvalue weighted by Crippen LogP contribution is -2.03. The highest BCUT2D eigenvalue weighted by atomic mass is 15.0. The SMILES string of the molecule is CCc1cc(C2=CCc3ncc(-c4ccc(CN)cc4)cc32)nc(N)n1. The molecule has 1 aliphatic carbocycles. The molecule has 5 heteroatoms. The van der Waals surface area contributed by atoms with Crippen LogP contribution in [0.4, 0.5) is 5.95 Å². The number of pyridine rings is 1. The van der Waals surface area contributed by atoms with Crippen molar-refractivity contribution in [2.24, 2.45) is 5.73 Å². The van der Waals surface area contributed by atoms with Gasteiger partial charge in [-0.25, -0.2) is 9.97 Å². The van der Waals surface area contributed by atoms with Crippen molar-refractivity contribution in [1.29, 1.82) is 0 Å². The fourth-order valence-electron chi connectivity index (χ4n) is 3.27. The van der Waals surface area contributed by atoms with Crippen molar-refractivity contribution >= 4 is 11.5 Å². The predicted octanol–water partition coefficient (Wildman–Crippen LogP) is 3.13. The molecule has 4 N–H and O–H groups in total. The minimum atomic E-state index is 0.315. The number of hydrogen-bond donors (Lipinski definition) is 2. The lowest BCUT2D eigenvalue weighted by Gasteiger charge is -2.10. The molecule has 5 nitrogen and oxygen atoms in total. The third-order valence-electron chi connectivity index (χ3n) is 4.72. The first-order valence-electron chi connectivity index (χ1n) is 8.80. The van der Waals surface area contributed by atoms with Crippen molar-refractivity contribution < 1.29 is 0 Å². The Bertz CT molecular complexity index is 990. The van der Waals surface area contributed by atoms with Gasteiger partial charge in [0.15, 0.2) is 0 Å². The molecule has 1 aromatic carbocycles. The standard InChI is InChI=1S/C21H21N5/c1-2-16-10-20(26-21(23)25-16)17-7-8-19-18(17)9-15(12-24-19)14-5-3-13(11-22)4-6-14/h3-7,9-10,12H,2,8,11,22H2,1H3,(H2,23,25,26). The minimum Gasteiger partial charge on any atom is -0.368 e. The molecule has 0 atom stereocenters. The average Bonchev–Trinajstić information content (AvgIpc) is 3.10. The first-order valence-corrected chi connectivity index (χ1v) is 8.80. The van der Waals surface area contributed by atoms with Crippen LogP contribution < -0.4 is 11.5 Å². The van der Waals surface area contributed by atoms with Crippen LogP contribution in [0.5, 0.6) is 0 Å². The van der Waals surface area contributed by atoms with Crippen LogP contribution in [0.15, 0.2) is 48.7 Å². The van der Waals surface area contributed by atoms with Crippen LogP contribution in [0.3, 0.4) is 0 Å². The summed E-state index contributed by atoms with van der Waals surface area (Å²) in [6, 6.07) is 12.5. The van der Waals surface area contributed by atoms with Crippen molar-refractivity contribution in [3.8, 4) is 11.1 Å². The van der Waals surface area contributed by atoms with Gasteiger partial charge in [-0.05, 0) is 29.7 Å². The van der Waals surface area contributed by atoms with Gasteiger partial charge in [0.05, 0.1) is 11.4 Å². The second-order valence-corrected chi connectivity index (χ2v) is 6.40. The fraction of sp³-hybridized carbons (Fsp3) is 0.190. The normalized spacial score (nSPS) is 12.8. The fourth-order valence-corrected chi connectivity index (χ4v) is 3.27. The highest BCUT2D eigenvalue weighted by Crippen LogP contribution is 2.34. The van der Waals surface area contributed by atoms with Crippen LogP contribution in [0.1, 0.15) is 35.1 Å². The van der Waals surface area contributed by atoms with Crippen molar-refractivity contribution in [2.45, 2.75) is 26.3 Å². The predicted molar refractivity (Wildman–Crippen MR) is 104 cm³/mol. The maximum absolute atomic E-state index is 5.90. The Hall–Kier alpha value is -3.05. The molecule has 0 aliphatic heterocycles. The first-order chi connectivity index (χ1) is 12.7. The largest absolute Gasteiger partial charge is 0.368 e. The smallest absolute Gasteiger partial charge is 0.220 e. The number of hydrogen-bond acceptors (Lipinski definition) is 5. The number of nitrogens with two attached hydrogens (primary N) is 2. The van der Waals surface area contributed by atoms with E-state index in [1.54, 1.807) is 0 Å². The second kappa shape index (κ2) is 6.69. The number of aryl methyl sites for hydroxylation is 1. The van der Waals surface area contributed by atoms with Gasteiger partial charge in [0.1, 0.15) is 0 Å². The number of aromatic nitrogens is 3. The summed E-state index contributed by atoms with van der Waals surface area (Å²) >= 11 is 0. The number of rotatable bonds is 4. The quantitative estimate of drug-likeness (QED) is 0.759. The van der Waals surface area contributed by atoms with Gasteiger partial charge < -0.3 is 11.5 Å². The summed E-state index contributed by atoms with van der Waals surface area (Å²) in [5.74, 6) is 0.315. The van der Waals surface area contributed by atoms with Gasteiger partial charge >= 0.3 is 0 Å². The molecule has 0 saturated heterocycles. The average molecular weight is 343 g/mol. The van der Waals surface area contributed by atoms with E-state index in [0.717, 1.165) is 57.8 Å². The van der Waals surface area contributed by atoms with Gasteiger partial charge in [0.25, 0.3) is 0 Å². The molecular weight excluding hydrogens is 322 g/mol. The number of benzene rings is 1. The number of fused-ring (bicyclic) bond motifs is 1. The van der Waals surface area contributed by atoms with E-state index < -0.39 is 0 Å². The zero-order valence-corrected chi connectivity index (χ0v) is 14.7. The van der Waals surface area contributed by atoms with E-state index in [-0.39, 0.29) is 0 Å². The Morgan fingerprint density at radius 3 is 2.58 bits per heavy atom. The highest BCUT2D eigenvalue weighted by molar-refractivity contribution is 5.84. The van der Waals surface area contributed by atoms with Gasteiger partial charge in [-0.15, -0.1) is 0 Å². The van der Waals surface area contributed by atoms with Crippen molar-refractivity contribution in [2.75, 3.05) is 5.73 Å². The van der Waals surface area contributed by atoms with Gasteiger partial charge in [0, 0.05) is 41.6 Å². The summed E-state index contributed by atoms with van der Waals surface area (Å²) in [5, 5.41) is 0. The summed E-state index contributed by atoms with van der Waals surface area (Å²) in [6.07, 6.45) is 5.73. The Balaban J connectivity index is 1.75. The highest BCUT2D eigenvalue weighted by Gasteiger charge is 2.19. The molecule has 0 saturated carbocycles. The van der Waals surface area contributed by atoms with Crippen LogP contribution in [-0.4, -0.2) is 15.0 Å². The van der Waals surface area contributed by atoms with E-state index in [2.05, 4.69) is 58.3 Å². The van der Waals surface area contributed by atoms with Crippen LogP contribution in [0.2, 0.25) is 0 Å². The third kappa shape index (κ3) is 2.97. The monoisotopic (exact) mass is 343 g/mol. The van der Waals surface area contributed by atoms with Crippen LogP contribution in [-0.2, 0) is 19.4 Å². The third-order valence-corrected chi connectivity index (χ3v) is 4.72. The molecule has 2 aromatic heterocycles. The molecular formula is C21H21N5. The van der Waals surface area contributed by atoms with E-state index >= 15 is 0 Å². The molecule has 26 heavy (non-hydrogen) atoms. The molecule has 0 unspecified atom stereocenters. The Kier molecular flexibility index (Phi) is 4.22. The molecule has 0 spiro atoms. The lowest BCUT2D eigenvalue weighted by molar-refractivity contribution is 1.00. The minimum absolute atomic E-state index is 0.315. The maximum atomic E-state index is 5.90. The lowest BCUT2D eigenvalue weighted by atomic mass is 9.99. The molecule has 2 heterocycles. The van der Waals surface area contributed by atoms with Gasteiger partial charge in [0.2, 0.25) is 5.95 Å². The van der Waals surface area contributed by atoms with Crippen molar-refractivity contribution in [3.05, 3.63) is 76.9 Å². The topological polar surface area (TPSA) is 90.7 Å². The number of nitrogens with zero attached hydrogens (tertiary/aromatic N) is 3. The second-order valence-electron chi connectivity index (χ2n) is 6.40. The maximum Gasteiger partial charge on any atom is 0.220 e. The zero-order chi connectivity index (χ0) is 18.1. The molecule has 130 valence electrons. The summed E-state index contributed by atoms with van der Waals surface area (Å²) in [4.78, 5) is 13.4. The Morgan fingerprint density at radius 1 is 1.04 bits per heavy atom. The molecule has 0 amide bonds. The molecule has 0 radical (unpaired) electrons. The van der Waals surface area contributed by atoms with Gasteiger partial charge in [-0.1, -0.05) is 37.3 Å². The molecule has 0 bridgehead atoms. The Labute approximate surface area is 152 Å². The number of nitrogen functional groups attached to an aromatic ring is 1. The molecule has 0 fully saturated rings. The summed E-state index contributed by atoms with van der Waals surface area (Å²) in [7, 11) is 0. The molecule has 3 aromatic rings. The zero-order valence-electron chi connectivity index (χ0n) is 14.7. The van der Waals surface area contributed by atoms with Crippen LogP contribution in [0.25, 0.3) is 16.7 Å². The van der Waals surface area contributed by atoms with Crippen molar-refractivity contribution in [3.63, 3.8) is 0 Å². The van der Waals surface area contributed by atoms with E-state index in [1.165, 1.54) is 0 Å². The van der Waals surface area contributed by atoms with Gasteiger partial charge in [-0.2, -0.15) is 0 Å². The summed E-state index contributed by atoms with van der Waals surface area (Å²) < 4.78 is 0. The van der Waals surface area contributed by atoms with Crippen LogP contribution in [0, 0.1) is 0 Å². The first kappa shape index (κ1) is 16.4. The van der Waals surface area contributed by atoms with Crippen molar-refractivity contribution in [1.82, 2.24) is 15.0 Å². The van der Waals surface area contributed by atoms with E-state index in [9.17, 15) is 0 Å². The summed E-state index contributed by atoms with van der Waals surface area (Å²) in [5.41, 5.74) is 20.0. The molecule has 1 aliphatic rings. The van der Waals surface area contributed by atoms with E-state index in [1.807, 2.05) is 12.3 Å².